The number of aryl methyl sites for hydroxylation is 1. The fourth-order valence-electron chi connectivity index (χ4n) is 2.58. The molecule has 2 aromatic rings. The minimum absolute atomic E-state index is 0.000567. The van der Waals surface area contributed by atoms with Gasteiger partial charge in [0.2, 0.25) is 5.88 Å². The highest BCUT2D eigenvalue weighted by molar-refractivity contribution is 5.77. The van der Waals surface area contributed by atoms with Gasteiger partial charge in [-0.15, -0.1) is 0 Å². The van der Waals surface area contributed by atoms with Crippen LogP contribution in [0.1, 0.15) is 5.69 Å². The second kappa shape index (κ2) is 8.48. The number of hydrogen-bond donors (Lipinski definition) is 0. The van der Waals surface area contributed by atoms with E-state index in [-0.39, 0.29) is 18.6 Å². The lowest BCUT2D eigenvalue weighted by Gasteiger charge is -2.24. The summed E-state index contributed by atoms with van der Waals surface area (Å²) in [6, 6.07) is 14.9. The fraction of sp³-hybridized carbons (Fsp3) is 0.368. The predicted molar refractivity (Wildman–Crippen MR) is 92.7 cm³/mol. The van der Waals surface area contributed by atoms with E-state index in [0.29, 0.717) is 37.9 Å². The lowest BCUT2D eigenvalue weighted by Crippen LogP contribution is -2.42. The summed E-state index contributed by atoms with van der Waals surface area (Å²) < 4.78 is 17.0. The summed E-state index contributed by atoms with van der Waals surface area (Å²) in [6.07, 6.45) is -0.252. The van der Waals surface area contributed by atoms with E-state index in [1.807, 2.05) is 55.5 Å². The molecule has 0 aliphatic carbocycles. The minimum atomic E-state index is -0.252. The first-order chi connectivity index (χ1) is 12.2. The van der Waals surface area contributed by atoms with Crippen molar-refractivity contribution in [1.29, 1.82) is 0 Å². The molecule has 0 saturated carbocycles. The van der Waals surface area contributed by atoms with Gasteiger partial charge in [0.1, 0.15) is 11.9 Å². The Kier molecular flexibility index (Phi) is 5.85. The molecule has 132 valence electrons. The zero-order valence-electron chi connectivity index (χ0n) is 14.3. The van der Waals surface area contributed by atoms with Crippen molar-refractivity contribution in [3.8, 4) is 11.6 Å². The zero-order chi connectivity index (χ0) is 17.5. The van der Waals surface area contributed by atoms with E-state index >= 15 is 0 Å². The van der Waals surface area contributed by atoms with Crippen LogP contribution in [-0.4, -0.2) is 54.8 Å². The first-order valence-corrected chi connectivity index (χ1v) is 8.34. The molecule has 0 unspecified atom stereocenters. The van der Waals surface area contributed by atoms with Crippen LogP contribution in [0.4, 0.5) is 0 Å². The molecule has 1 aromatic carbocycles. The molecule has 0 bridgehead atoms. The Morgan fingerprint density at radius 3 is 2.88 bits per heavy atom. The molecule has 1 aromatic heterocycles. The molecular formula is C19H22N2O4. The highest BCUT2D eigenvalue weighted by atomic mass is 16.5. The van der Waals surface area contributed by atoms with Crippen molar-refractivity contribution < 1.29 is 19.0 Å². The summed E-state index contributed by atoms with van der Waals surface area (Å²) in [7, 11) is 0. The number of benzene rings is 1. The maximum absolute atomic E-state index is 12.5. The Hall–Kier alpha value is -2.60. The van der Waals surface area contributed by atoms with Gasteiger partial charge in [-0.2, -0.15) is 0 Å². The van der Waals surface area contributed by atoms with Gasteiger partial charge in [-0.3, -0.25) is 4.79 Å². The predicted octanol–water partition coefficient (Wildman–Crippen LogP) is 2.08. The van der Waals surface area contributed by atoms with E-state index in [4.69, 9.17) is 14.2 Å². The Bertz CT molecular complexity index is 693. The third kappa shape index (κ3) is 5.19. The Morgan fingerprint density at radius 2 is 2.08 bits per heavy atom. The van der Waals surface area contributed by atoms with Gasteiger partial charge in [-0.05, 0) is 25.1 Å². The number of hydrogen-bond acceptors (Lipinski definition) is 5. The van der Waals surface area contributed by atoms with Crippen LogP contribution in [0.15, 0.2) is 48.5 Å². The van der Waals surface area contributed by atoms with Crippen LogP contribution in [0.5, 0.6) is 11.6 Å². The van der Waals surface area contributed by atoms with Crippen molar-refractivity contribution in [3.63, 3.8) is 0 Å². The largest absolute Gasteiger partial charge is 0.484 e. The van der Waals surface area contributed by atoms with E-state index in [2.05, 4.69) is 4.98 Å². The number of carbonyl (C=O) groups is 1. The second-order valence-corrected chi connectivity index (χ2v) is 5.87. The van der Waals surface area contributed by atoms with Crippen molar-refractivity contribution in [2.45, 2.75) is 13.0 Å². The van der Waals surface area contributed by atoms with E-state index < -0.39 is 0 Å². The molecule has 1 saturated heterocycles. The number of amides is 1. The van der Waals surface area contributed by atoms with Crippen LogP contribution in [0.2, 0.25) is 0 Å². The molecule has 0 N–H and O–H groups in total. The second-order valence-electron chi connectivity index (χ2n) is 5.87. The van der Waals surface area contributed by atoms with Crippen molar-refractivity contribution in [2.24, 2.45) is 0 Å². The summed E-state index contributed by atoms with van der Waals surface area (Å²) in [4.78, 5) is 18.5. The molecule has 1 amide bonds. The Labute approximate surface area is 147 Å². The van der Waals surface area contributed by atoms with Gasteiger partial charge < -0.3 is 19.1 Å². The summed E-state index contributed by atoms with van der Waals surface area (Å²) in [5.41, 5.74) is 0.885. The molecule has 6 heteroatoms. The molecule has 2 heterocycles. The maximum atomic E-state index is 12.5. The fourth-order valence-corrected chi connectivity index (χ4v) is 2.58. The summed E-state index contributed by atoms with van der Waals surface area (Å²) >= 11 is 0. The van der Waals surface area contributed by atoms with E-state index in [1.165, 1.54) is 0 Å². The highest BCUT2D eigenvalue weighted by Gasteiger charge is 2.24. The van der Waals surface area contributed by atoms with Gasteiger partial charge in [0.05, 0.1) is 19.8 Å². The standard InChI is InChI=1S/C19H22N2O4/c1-15-6-5-9-18(20-15)25-17-12-21(10-11-23-13-17)19(22)14-24-16-7-3-2-4-8-16/h2-9,17H,10-14H2,1H3/t17-/m1/s1. The number of rotatable bonds is 5. The summed E-state index contributed by atoms with van der Waals surface area (Å²) in [5, 5.41) is 0. The first-order valence-electron chi connectivity index (χ1n) is 8.34. The number of aromatic nitrogens is 1. The molecule has 0 spiro atoms. The monoisotopic (exact) mass is 342 g/mol. The van der Waals surface area contributed by atoms with Crippen LogP contribution in [0.3, 0.4) is 0 Å². The average molecular weight is 342 g/mol. The average Bonchev–Trinajstić information content (AvgIpc) is 2.86. The van der Waals surface area contributed by atoms with Gasteiger partial charge in [-0.1, -0.05) is 24.3 Å². The molecule has 6 nitrogen and oxygen atoms in total. The molecule has 3 rings (SSSR count). The van der Waals surface area contributed by atoms with Crippen LogP contribution in [0, 0.1) is 6.92 Å². The third-order valence-corrected chi connectivity index (χ3v) is 3.84. The lowest BCUT2D eigenvalue weighted by molar-refractivity contribution is -0.134. The van der Waals surface area contributed by atoms with E-state index in [1.54, 1.807) is 4.90 Å². The number of para-hydroxylation sites is 1. The molecule has 1 atom stereocenters. The quantitative estimate of drug-likeness (QED) is 0.832. The molecule has 1 fully saturated rings. The van der Waals surface area contributed by atoms with Crippen LogP contribution in [-0.2, 0) is 9.53 Å². The van der Waals surface area contributed by atoms with Crippen molar-refractivity contribution in [1.82, 2.24) is 9.88 Å². The van der Waals surface area contributed by atoms with Crippen LogP contribution < -0.4 is 9.47 Å². The third-order valence-electron chi connectivity index (χ3n) is 3.84. The smallest absolute Gasteiger partial charge is 0.260 e. The van der Waals surface area contributed by atoms with Gasteiger partial charge in [0.15, 0.2) is 6.61 Å². The number of pyridine rings is 1. The normalized spacial score (nSPS) is 17.6. The van der Waals surface area contributed by atoms with Gasteiger partial charge in [-0.25, -0.2) is 4.98 Å². The Morgan fingerprint density at radius 1 is 1.24 bits per heavy atom. The molecule has 0 radical (unpaired) electrons. The van der Waals surface area contributed by atoms with Crippen LogP contribution >= 0.6 is 0 Å². The van der Waals surface area contributed by atoms with Crippen molar-refractivity contribution >= 4 is 5.91 Å². The number of ether oxygens (including phenoxy) is 3. The van der Waals surface area contributed by atoms with E-state index in [9.17, 15) is 4.79 Å². The molecule has 1 aliphatic rings. The first kappa shape index (κ1) is 17.2. The zero-order valence-corrected chi connectivity index (χ0v) is 14.3. The summed E-state index contributed by atoms with van der Waals surface area (Å²) in [6.45, 7) is 3.80. The molecule has 1 aliphatic heterocycles. The molecule has 25 heavy (non-hydrogen) atoms. The van der Waals surface area contributed by atoms with Crippen molar-refractivity contribution in [3.05, 3.63) is 54.2 Å². The van der Waals surface area contributed by atoms with E-state index in [0.717, 1.165) is 5.69 Å². The topological polar surface area (TPSA) is 60.9 Å². The number of nitrogens with zero attached hydrogens (tertiary/aromatic N) is 2. The highest BCUT2D eigenvalue weighted by Crippen LogP contribution is 2.13. The Balaban J connectivity index is 1.56. The maximum Gasteiger partial charge on any atom is 0.260 e. The SMILES string of the molecule is Cc1cccc(O[C@H]2COCCN(C(=O)COc3ccccc3)C2)n1. The molecular weight excluding hydrogens is 320 g/mol. The van der Waals surface area contributed by atoms with Gasteiger partial charge >= 0.3 is 0 Å². The minimum Gasteiger partial charge on any atom is -0.484 e. The van der Waals surface area contributed by atoms with Crippen molar-refractivity contribution in [2.75, 3.05) is 32.9 Å². The van der Waals surface area contributed by atoms with Gasteiger partial charge in [0, 0.05) is 18.3 Å². The lowest BCUT2D eigenvalue weighted by atomic mass is 10.3. The van der Waals surface area contributed by atoms with Crippen LogP contribution in [0.25, 0.3) is 0 Å². The van der Waals surface area contributed by atoms with Gasteiger partial charge in [0.25, 0.3) is 5.91 Å². The number of carbonyl (C=O) groups excluding carboxylic acids is 1. The summed E-state index contributed by atoms with van der Waals surface area (Å²) in [5.74, 6) is 1.14.